The Morgan fingerprint density at radius 1 is 0.188 bits per heavy atom. The lowest BCUT2D eigenvalue weighted by Gasteiger charge is -2.22. The van der Waals surface area contributed by atoms with E-state index in [0.717, 1.165) is 23.3 Å². The molecule has 0 fully saturated rings. The minimum Gasteiger partial charge on any atom is -0.309 e. The van der Waals surface area contributed by atoms with Crippen LogP contribution in [0.25, 0.3) is 188 Å². The van der Waals surface area contributed by atoms with Crippen molar-refractivity contribution in [3.63, 3.8) is 0 Å². The average molecular weight is 1690 g/mol. The van der Waals surface area contributed by atoms with Gasteiger partial charge in [-0.3, -0.25) is 0 Å². The molecule has 0 N–H and O–H groups in total. The predicted octanol–water partition coefficient (Wildman–Crippen LogP) is 29.0. The quantitative estimate of drug-likeness (QED) is 0.117. The van der Waals surface area contributed by atoms with E-state index < -0.39 is 58.1 Å². The van der Waals surface area contributed by atoms with Gasteiger partial charge in [0.2, 0.25) is 0 Å². The molecule has 0 atom stereocenters. The van der Waals surface area contributed by atoms with E-state index in [4.69, 9.17) is 0 Å². The Hall–Kier alpha value is -17.2. The van der Waals surface area contributed by atoms with Crippen molar-refractivity contribution in [3.05, 3.63) is 371 Å². The van der Waals surface area contributed by atoms with Gasteiger partial charge < -0.3 is 18.3 Å². The fourth-order valence-corrected chi connectivity index (χ4v) is 18.0. The number of aromatic nitrogens is 4. The Kier molecular flexibility index (Phi) is 18.5. The summed E-state index contributed by atoms with van der Waals surface area (Å²) in [4.78, 5) is 0. The Morgan fingerprint density at radius 2 is 0.484 bits per heavy atom. The van der Waals surface area contributed by atoms with Gasteiger partial charge in [-0.15, -0.1) is 0 Å². The first kappa shape index (κ1) is 79.3. The van der Waals surface area contributed by atoms with Crippen LogP contribution < -0.4 is 0 Å². The summed E-state index contributed by atoms with van der Waals surface area (Å²) in [6.45, 7) is 0. The van der Waals surface area contributed by atoms with Gasteiger partial charge in [0.15, 0.2) is 0 Å². The maximum absolute atomic E-state index is 16.1. The third-order valence-corrected chi connectivity index (χ3v) is 23.9. The second-order valence-electron chi connectivity index (χ2n) is 31.0. The van der Waals surface area contributed by atoms with Gasteiger partial charge in [0.25, 0.3) is 0 Å². The topological polar surface area (TPSA) is 162 Å². The van der Waals surface area contributed by atoms with Crippen molar-refractivity contribution < 1.29 is 52.7 Å². The highest BCUT2D eigenvalue weighted by molar-refractivity contribution is 6.16. The minimum absolute atomic E-state index is 0.0123. The van der Waals surface area contributed by atoms with E-state index in [0.29, 0.717) is 161 Å². The van der Waals surface area contributed by atoms with Gasteiger partial charge in [-0.25, -0.2) is 0 Å². The summed E-state index contributed by atoms with van der Waals surface area (Å²) in [5, 5.41) is 68.4. The third kappa shape index (κ3) is 13.2. The van der Waals surface area contributed by atoms with Crippen LogP contribution in [0.15, 0.2) is 315 Å². The monoisotopic (exact) mass is 1690 g/mol. The molecule has 20 aromatic rings. The molecule has 4 heterocycles. The van der Waals surface area contributed by atoms with E-state index in [1.165, 1.54) is 24.3 Å². The highest BCUT2D eigenvalue weighted by atomic mass is 19.4. The number of hydrogen-bond donors (Lipinski definition) is 0. The molecule has 0 amide bonds. The molecule has 0 spiro atoms. The van der Waals surface area contributed by atoms with Crippen LogP contribution in [0, 0.1) is 68.0 Å². The van der Waals surface area contributed by atoms with E-state index in [1.807, 2.05) is 72.8 Å². The summed E-state index contributed by atoms with van der Waals surface area (Å²) in [6.07, 6.45) is -21.2. The molecule has 128 heavy (non-hydrogen) atoms. The number of para-hydroxylation sites is 3. The largest absolute Gasteiger partial charge is 0.417 e. The number of alkyl halides is 12. The Morgan fingerprint density at radius 3 is 0.875 bits per heavy atom. The van der Waals surface area contributed by atoms with Crippen LogP contribution in [0.1, 0.15) is 55.6 Å². The first-order valence-corrected chi connectivity index (χ1v) is 39.7. The molecular formula is C106H52F12N10. The number of halogens is 12. The average Bonchev–Trinajstić information content (AvgIpc) is 1.55. The number of nitrogens with zero attached hydrogens (tertiary/aromatic N) is 10. The highest BCUT2D eigenvalue weighted by Gasteiger charge is 2.42. The summed E-state index contributed by atoms with van der Waals surface area (Å²) in [5.74, 6) is 0. The number of fused-ring (bicyclic) bond motifs is 12. The van der Waals surface area contributed by atoms with Crippen molar-refractivity contribution in [2.45, 2.75) is 24.7 Å². The van der Waals surface area contributed by atoms with Gasteiger partial charge in [-0.05, 0) is 225 Å². The van der Waals surface area contributed by atoms with Crippen LogP contribution in [-0.4, -0.2) is 18.3 Å². The van der Waals surface area contributed by atoms with Gasteiger partial charge in [0.1, 0.15) is 12.1 Å². The summed E-state index contributed by atoms with van der Waals surface area (Å²) < 4.78 is 192. The zero-order valence-electron chi connectivity index (χ0n) is 66.0. The van der Waals surface area contributed by atoms with Crippen molar-refractivity contribution in [1.29, 1.82) is 31.6 Å². The van der Waals surface area contributed by atoms with Crippen LogP contribution in [-0.2, 0) is 24.7 Å². The fraction of sp³-hybridized carbons (Fsp3) is 0.0377. The van der Waals surface area contributed by atoms with Crippen molar-refractivity contribution in [2.24, 2.45) is 0 Å². The zero-order chi connectivity index (χ0) is 88.7. The molecule has 0 aliphatic heterocycles. The van der Waals surface area contributed by atoms with E-state index in [1.54, 1.807) is 200 Å². The number of hydrogen-bond acceptors (Lipinski definition) is 6. The summed E-state index contributed by atoms with van der Waals surface area (Å²) in [7, 11) is 0. The summed E-state index contributed by atoms with van der Waals surface area (Å²) in [5.41, 5.74) is 2.68. The molecule has 0 aliphatic rings. The molecule has 610 valence electrons. The Labute approximate surface area is 718 Å². The lowest BCUT2D eigenvalue weighted by molar-refractivity contribution is -0.144. The van der Waals surface area contributed by atoms with Crippen molar-refractivity contribution in [3.8, 4) is 137 Å². The smallest absolute Gasteiger partial charge is 0.309 e. The highest BCUT2D eigenvalue weighted by Crippen LogP contribution is 2.52. The van der Waals surface area contributed by atoms with E-state index in [9.17, 15) is 57.9 Å². The Bertz CT molecular complexity index is 8440. The molecule has 0 saturated heterocycles. The molecule has 10 nitrogen and oxygen atoms in total. The number of nitriles is 6. The van der Waals surface area contributed by atoms with E-state index in [2.05, 4.69) is 36.4 Å². The molecular weight excluding hydrogens is 1640 g/mol. The van der Waals surface area contributed by atoms with Gasteiger partial charge >= 0.3 is 24.7 Å². The predicted molar refractivity (Wildman–Crippen MR) is 470 cm³/mol. The lowest BCUT2D eigenvalue weighted by Crippen LogP contribution is -2.13. The van der Waals surface area contributed by atoms with Crippen LogP contribution in [0.3, 0.4) is 0 Å². The molecule has 0 radical (unpaired) electrons. The van der Waals surface area contributed by atoms with Crippen molar-refractivity contribution in [2.75, 3.05) is 0 Å². The molecule has 4 aromatic heterocycles. The second-order valence-corrected chi connectivity index (χ2v) is 31.0. The molecule has 0 aliphatic carbocycles. The molecule has 16 aromatic carbocycles. The zero-order valence-corrected chi connectivity index (χ0v) is 66.0. The van der Waals surface area contributed by atoms with Crippen LogP contribution in [0.5, 0.6) is 0 Å². The molecule has 0 unspecified atom stereocenters. The molecule has 0 bridgehead atoms. The maximum atomic E-state index is 16.1. The summed E-state index contributed by atoms with van der Waals surface area (Å²) >= 11 is 0. The third-order valence-electron chi connectivity index (χ3n) is 23.9. The number of benzene rings is 16. The van der Waals surface area contributed by atoms with Gasteiger partial charge in [0, 0.05) is 59.8 Å². The first-order chi connectivity index (χ1) is 61.7. The van der Waals surface area contributed by atoms with Gasteiger partial charge in [-0.2, -0.15) is 84.3 Å². The second kappa shape index (κ2) is 29.8. The van der Waals surface area contributed by atoms with Gasteiger partial charge in [-0.1, -0.05) is 152 Å². The first-order valence-electron chi connectivity index (χ1n) is 39.7. The van der Waals surface area contributed by atoms with Crippen molar-refractivity contribution >= 4 is 87.2 Å². The Balaban J connectivity index is 0.792. The SMILES string of the molecule is N#Cc1ccc(-c2ccc3c(c2)c2ccccc2n3-c2cc(-c3ccc(C(F)(F)F)cc3C(F)(F)F)c(-n3c4ccc(-c5ccc(C#N)cc5)cc4c4cc(-c5cc(-c6ccc7c8ccccc8n(-c8cc(-c9ccc(C(F)(F)F)cc9C(F)(F)F)c(-n9c%10ccccc%10c%10ccc(-c%11ccc(C#N)cc%11)cc%109)cc8C#N)c7c6)ccc5C#N)ccc43)cc2C#N)cc1. The van der Waals surface area contributed by atoms with Gasteiger partial charge in [0.05, 0.1) is 147 Å². The van der Waals surface area contributed by atoms with Crippen LogP contribution >= 0.6 is 0 Å². The molecule has 22 heteroatoms. The fourth-order valence-electron chi connectivity index (χ4n) is 18.0. The van der Waals surface area contributed by atoms with Crippen molar-refractivity contribution in [1.82, 2.24) is 18.3 Å². The van der Waals surface area contributed by atoms with Crippen LogP contribution in [0.2, 0.25) is 0 Å². The lowest BCUT2D eigenvalue weighted by atomic mass is 9.93. The summed E-state index contributed by atoms with van der Waals surface area (Å²) in [6, 6.07) is 95.8. The molecule has 0 saturated carbocycles. The normalized spacial score (nSPS) is 12.0. The van der Waals surface area contributed by atoms with E-state index >= 15 is 26.3 Å². The maximum Gasteiger partial charge on any atom is 0.417 e. The minimum atomic E-state index is -5.41. The number of rotatable bonds is 11. The van der Waals surface area contributed by atoms with E-state index in [-0.39, 0.29) is 62.7 Å². The molecule has 20 rings (SSSR count). The van der Waals surface area contributed by atoms with Crippen LogP contribution in [0.4, 0.5) is 52.7 Å². The standard InChI is InChI=1S/C106H52F12N10/c107-103(108,109)74-32-36-76(89(49-74)105(113,114)115)87-51-97(125-93-12-6-3-9-80(93)84-42-65(29-38-94(84)125)62-19-13-59(53-119)14-20-62)72(57-123)47-101(87)126-95-39-30-66(63-21-15-60(54-120)16-22-63)43-85(95)86-44-70(31-40-96(86)126)83-41-67(25-26-71(83)56-122)69-28-35-81-78-7-1-4-10-91(78)127(99(81)46-69)98-52-88(77-37-33-75(104(110,111)112)50-90(77)106(116,117)118)102(48-73(98)58-124)128-92-11-5-2-8-79(92)82-34-27-68(45-100(82)128)64-23-17-61(55-121)18-24-64/h1-52H.